The van der Waals surface area contributed by atoms with Gasteiger partial charge in [-0.3, -0.25) is 9.36 Å². The summed E-state index contributed by atoms with van der Waals surface area (Å²) < 4.78 is 1.76. The average Bonchev–Trinajstić information content (AvgIpc) is 3.14. The van der Waals surface area contributed by atoms with Crippen LogP contribution in [0.5, 0.6) is 0 Å². The number of nitriles is 1. The number of amides is 1. The summed E-state index contributed by atoms with van der Waals surface area (Å²) in [4.78, 5) is 20.3. The summed E-state index contributed by atoms with van der Waals surface area (Å²) in [7, 11) is 0. The van der Waals surface area contributed by atoms with E-state index in [9.17, 15) is 4.79 Å². The van der Waals surface area contributed by atoms with Crippen molar-refractivity contribution >= 4 is 5.91 Å². The molecule has 0 unspecified atom stereocenters. The van der Waals surface area contributed by atoms with Crippen LogP contribution >= 0.6 is 0 Å². The van der Waals surface area contributed by atoms with Crippen molar-refractivity contribution in [2.75, 3.05) is 0 Å². The molecule has 0 aliphatic rings. The van der Waals surface area contributed by atoms with Gasteiger partial charge in [-0.15, -0.1) is 0 Å². The van der Waals surface area contributed by atoms with Gasteiger partial charge in [0.15, 0.2) is 0 Å². The largest absolute Gasteiger partial charge is 0.348 e. The number of hydrogen-bond acceptors (Lipinski definition) is 4. The van der Waals surface area contributed by atoms with Crippen molar-refractivity contribution in [1.29, 1.82) is 5.26 Å². The third-order valence-electron chi connectivity index (χ3n) is 3.29. The molecule has 0 fully saturated rings. The summed E-state index contributed by atoms with van der Waals surface area (Å²) in [5.74, 6) is 0.484. The van der Waals surface area contributed by atoms with Gasteiger partial charge in [-0.2, -0.15) is 5.26 Å². The molecule has 2 aromatic heterocycles. The Morgan fingerprint density at radius 1 is 1.30 bits per heavy atom. The number of nitrogens with one attached hydrogen (secondary N) is 1. The first-order valence-corrected chi connectivity index (χ1v) is 6.98. The molecule has 0 aliphatic heterocycles. The summed E-state index contributed by atoms with van der Waals surface area (Å²) in [5.41, 5.74) is 1.92. The number of imidazole rings is 1. The maximum Gasteiger partial charge on any atom is 0.253 e. The molecule has 0 saturated carbocycles. The second-order valence-corrected chi connectivity index (χ2v) is 4.87. The Morgan fingerprint density at radius 3 is 2.91 bits per heavy atom. The normalized spacial score (nSPS) is 10.0. The molecule has 23 heavy (non-hydrogen) atoms. The van der Waals surface area contributed by atoms with Gasteiger partial charge < -0.3 is 5.32 Å². The van der Waals surface area contributed by atoms with E-state index in [0.29, 0.717) is 23.5 Å². The molecule has 2 heterocycles. The zero-order valence-corrected chi connectivity index (χ0v) is 12.2. The van der Waals surface area contributed by atoms with Crippen LogP contribution < -0.4 is 5.32 Å². The van der Waals surface area contributed by atoms with Crippen LogP contribution in [0.1, 0.15) is 21.5 Å². The van der Waals surface area contributed by atoms with Gasteiger partial charge in [0.1, 0.15) is 12.1 Å². The van der Waals surface area contributed by atoms with E-state index in [1.54, 1.807) is 53.6 Å². The molecule has 1 aromatic carbocycles. The Bertz CT molecular complexity index is 847. The van der Waals surface area contributed by atoms with Gasteiger partial charge in [0.2, 0.25) is 0 Å². The lowest BCUT2D eigenvalue weighted by Crippen LogP contribution is -2.23. The van der Waals surface area contributed by atoms with Crippen LogP contribution in [-0.4, -0.2) is 20.4 Å². The fourth-order valence-electron chi connectivity index (χ4n) is 2.10. The van der Waals surface area contributed by atoms with Gasteiger partial charge in [0.25, 0.3) is 5.91 Å². The molecule has 6 nitrogen and oxygen atoms in total. The lowest BCUT2D eigenvalue weighted by Gasteiger charge is -2.06. The predicted molar refractivity (Wildman–Crippen MR) is 83.7 cm³/mol. The smallest absolute Gasteiger partial charge is 0.253 e. The van der Waals surface area contributed by atoms with Crippen molar-refractivity contribution in [3.8, 4) is 11.9 Å². The molecule has 1 N–H and O–H groups in total. The molecule has 112 valence electrons. The fraction of sp³-hybridized carbons (Fsp3) is 0.0588. The highest BCUT2D eigenvalue weighted by Crippen LogP contribution is 2.07. The predicted octanol–water partition coefficient (Wildman–Crippen LogP) is 2.07. The molecular formula is C17H13N5O. The van der Waals surface area contributed by atoms with Gasteiger partial charge >= 0.3 is 0 Å². The molecule has 1 amide bonds. The second kappa shape index (κ2) is 6.54. The first-order chi connectivity index (χ1) is 11.3. The van der Waals surface area contributed by atoms with Crippen molar-refractivity contribution in [3.63, 3.8) is 0 Å². The van der Waals surface area contributed by atoms with E-state index < -0.39 is 0 Å². The van der Waals surface area contributed by atoms with Gasteiger partial charge in [0.05, 0.1) is 17.2 Å². The number of aromatic nitrogens is 3. The standard InChI is InChI=1S/C17H13N5O/c18-9-13-2-1-3-14(8-13)10-21-17(23)15-4-5-16(20-11-15)22-7-6-19-12-22/h1-8,11-12H,10H2,(H,21,23). The Labute approximate surface area is 133 Å². The lowest BCUT2D eigenvalue weighted by molar-refractivity contribution is 0.0950. The Hall–Kier alpha value is -3.46. The second-order valence-electron chi connectivity index (χ2n) is 4.87. The number of pyridine rings is 1. The van der Waals surface area contributed by atoms with Crippen LogP contribution in [-0.2, 0) is 6.54 Å². The van der Waals surface area contributed by atoms with E-state index in [1.165, 1.54) is 6.20 Å². The summed E-state index contributed by atoms with van der Waals surface area (Å²) in [6.07, 6.45) is 6.61. The highest BCUT2D eigenvalue weighted by Gasteiger charge is 2.07. The number of rotatable bonds is 4. The summed E-state index contributed by atoms with van der Waals surface area (Å²) >= 11 is 0. The number of nitrogens with zero attached hydrogens (tertiary/aromatic N) is 4. The maximum absolute atomic E-state index is 12.1. The van der Waals surface area contributed by atoms with Crippen LogP contribution in [0.4, 0.5) is 0 Å². The third-order valence-corrected chi connectivity index (χ3v) is 3.29. The summed E-state index contributed by atoms with van der Waals surface area (Å²) in [6, 6.07) is 12.7. The maximum atomic E-state index is 12.1. The van der Waals surface area contributed by atoms with E-state index in [4.69, 9.17) is 5.26 Å². The molecule has 0 saturated heterocycles. The van der Waals surface area contributed by atoms with Crippen LogP contribution in [0.15, 0.2) is 61.3 Å². The van der Waals surface area contributed by atoms with E-state index in [2.05, 4.69) is 21.4 Å². The van der Waals surface area contributed by atoms with Gasteiger partial charge in [-0.25, -0.2) is 9.97 Å². The Balaban J connectivity index is 1.65. The minimum atomic E-state index is -0.211. The molecule has 3 rings (SSSR count). The van der Waals surface area contributed by atoms with E-state index in [0.717, 1.165) is 5.56 Å². The quantitative estimate of drug-likeness (QED) is 0.799. The molecule has 0 radical (unpaired) electrons. The first kappa shape index (κ1) is 14.5. The molecule has 0 bridgehead atoms. The van der Waals surface area contributed by atoms with Crippen molar-refractivity contribution in [1.82, 2.24) is 19.9 Å². The zero-order chi connectivity index (χ0) is 16.1. The summed E-state index contributed by atoms with van der Waals surface area (Å²) in [6.45, 7) is 0.359. The molecule has 0 spiro atoms. The number of carbonyl (C=O) groups is 1. The van der Waals surface area contributed by atoms with Gasteiger partial charge in [-0.1, -0.05) is 12.1 Å². The highest BCUT2D eigenvalue weighted by atomic mass is 16.1. The summed E-state index contributed by atoms with van der Waals surface area (Å²) in [5, 5.41) is 11.7. The van der Waals surface area contributed by atoms with Gasteiger partial charge in [0, 0.05) is 25.1 Å². The van der Waals surface area contributed by atoms with Crippen LogP contribution in [0.2, 0.25) is 0 Å². The van der Waals surface area contributed by atoms with Gasteiger partial charge in [-0.05, 0) is 29.8 Å². The third kappa shape index (κ3) is 3.41. The van der Waals surface area contributed by atoms with Crippen molar-refractivity contribution in [2.24, 2.45) is 0 Å². The molecule has 0 aliphatic carbocycles. The minimum absolute atomic E-state index is 0.211. The van der Waals surface area contributed by atoms with E-state index >= 15 is 0 Å². The van der Waals surface area contributed by atoms with Crippen LogP contribution in [0.3, 0.4) is 0 Å². The highest BCUT2D eigenvalue weighted by molar-refractivity contribution is 5.93. The monoisotopic (exact) mass is 303 g/mol. The minimum Gasteiger partial charge on any atom is -0.348 e. The molecule has 6 heteroatoms. The zero-order valence-electron chi connectivity index (χ0n) is 12.2. The Morgan fingerprint density at radius 2 is 2.22 bits per heavy atom. The average molecular weight is 303 g/mol. The number of hydrogen-bond donors (Lipinski definition) is 1. The SMILES string of the molecule is N#Cc1cccc(CNC(=O)c2ccc(-n3ccnc3)nc2)c1. The van der Waals surface area contributed by atoms with E-state index in [1.807, 2.05) is 6.07 Å². The van der Waals surface area contributed by atoms with Crippen LogP contribution in [0, 0.1) is 11.3 Å². The Kier molecular flexibility index (Phi) is 4.11. The number of benzene rings is 1. The van der Waals surface area contributed by atoms with Crippen molar-refractivity contribution < 1.29 is 4.79 Å². The fourth-order valence-corrected chi connectivity index (χ4v) is 2.10. The first-order valence-electron chi connectivity index (χ1n) is 6.98. The lowest BCUT2D eigenvalue weighted by atomic mass is 10.1. The molecule has 0 atom stereocenters. The topological polar surface area (TPSA) is 83.6 Å². The molecular weight excluding hydrogens is 290 g/mol. The van der Waals surface area contributed by atoms with Crippen molar-refractivity contribution in [2.45, 2.75) is 6.54 Å². The van der Waals surface area contributed by atoms with Crippen molar-refractivity contribution in [3.05, 3.63) is 78.0 Å². The van der Waals surface area contributed by atoms with Crippen LogP contribution in [0.25, 0.3) is 5.82 Å². The number of carbonyl (C=O) groups excluding carboxylic acids is 1. The molecule has 3 aromatic rings. The van der Waals surface area contributed by atoms with E-state index in [-0.39, 0.29) is 5.91 Å².